The highest BCUT2D eigenvalue weighted by molar-refractivity contribution is 7.99. The quantitative estimate of drug-likeness (QED) is 0.664. The maximum absolute atomic E-state index is 11.3. The van der Waals surface area contributed by atoms with Crippen molar-refractivity contribution < 1.29 is 0 Å². The van der Waals surface area contributed by atoms with E-state index in [1.807, 2.05) is 6.07 Å². The lowest BCUT2D eigenvalue weighted by Crippen LogP contribution is -2.13. The molecule has 1 aliphatic rings. The zero-order chi connectivity index (χ0) is 9.42. The molecule has 0 amide bonds. The number of rotatable bonds is 0. The number of H-pyrrole nitrogens is 1. The molecule has 0 fully saturated rings. The number of aromatic amines is 1. The van der Waals surface area contributed by atoms with Gasteiger partial charge < -0.3 is 4.98 Å². The molecule has 66 valence electrons. The number of thioether (sulfide) groups is 1. The Bertz CT molecular complexity index is 460. The molecule has 0 unspecified atom stereocenters. The molecule has 0 radical (unpaired) electrons. The Morgan fingerprint density at radius 3 is 3.08 bits per heavy atom. The summed E-state index contributed by atoms with van der Waals surface area (Å²) in [6, 6.07) is 1.91. The zero-order valence-electron chi connectivity index (χ0n) is 6.56. The van der Waals surface area contributed by atoms with Gasteiger partial charge in [-0.25, -0.2) is 0 Å². The fourth-order valence-corrected chi connectivity index (χ4v) is 2.79. The predicted molar refractivity (Wildman–Crippen MR) is 51.2 cm³/mol. The van der Waals surface area contributed by atoms with Crippen molar-refractivity contribution in [3.8, 4) is 6.07 Å². The average Bonchev–Trinajstić information content (AvgIpc) is 2.53. The maximum atomic E-state index is 11.3. The van der Waals surface area contributed by atoms with Crippen molar-refractivity contribution >= 4 is 23.4 Å². The molecule has 0 saturated carbocycles. The van der Waals surface area contributed by atoms with Gasteiger partial charge in [-0.2, -0.15) is 5.26 Å². The van der Waals surface area contributed by atoms with Crippen molar-refractivity contribution in [2.75, 3.05) is 5.75 Å². The van der Waals surface area contributed by atoms with Crippen molar-refractivity contribution in [1.82, 2.24) is 4.98 Å². The first kappa shape index (κ1) is 8.67. The minimum Gasteiger partial charge on any atom is -0.311 e. The molecule has 1 aromatic rings. The Morgan fingerprint density at radius 2 is 2.38 bits per heavy atom. The molecule has 1 N–H and O–H groups in total. The van der Waals surface area contributed by atoms with Crippen LogP contribution in [0.1, 0.15) is 11.1 Å². The minimum atomic E-state index is -0.381. The first-order valence-electron chi connectivity index (χ1n) is 3.71. The lowest BCUT2D eigenvalue weighted by Gasteiger charge is -2.01. The number of hydrogen-bond donors (Lipinski definition) is 1. The van der Waals surface area contributed by atoms with Gasteiger partial charge in [-0.1, -0.05) is 11.6 Å². The molecule has 1 aromatic heterocycles. The fraction of sp³-hybridized carbons (Fsp3) is 0.250. The van der Waals surface area contributed by atoms with E-state index in [-0.39, 0.29) is 11.1 Å². The lowest BCUT2D eigenvalue weighted by atomic mass is 10.1. The van der Waals surface area contributed by atoms with Gasteiger partial charge in [0, 0.05) is 10.6 Å². The first-order chi connectivity index (χ1) is 6.24. The average molecular weight is 213 g/mol. The third-order valence-electron chi connectivity index (χ3n) is 1.94. The molecule has 0 aromatic carbocycles. The molecule has 0 saturated heterocycles. The molecule has 3 nitrogen and oxygen atoms in total. The standard InChI is InChI=1S/C8H5ClN2OS/c9-7-6-4(1-2-13-6)5(3-10)8(12)11-7/h1-2H2,(H,11,12). The van der Waals surface area contributed by atoms with Gasteiger partial charge in [0.15, 0.2) is 0 Å². The summed E-state index contributed by atoms with van der Waals surface area (Å²) in [4.78, 5) is 14.6. The smallest absolute Gasteiger partial charge is 0.267 e. The van der Waals surface area contributed by atoms with E-state index >= 15 is 0 Å². The van der Waals surface area contributed by atoms with E-state index in [4.69, 9.17) is 16.9 Å². The largest absolute Gasteiger partial charge is 0.311 e. The molecule has 2 rings (SSSR count). The van der Waals surface area contributed by atoms with E-state index in [9.17, 15) is 4.79 Å². The maximum Gasteiger partial charge on any atom is 0.267 e. The Kier molecular flexibility index (Phi) is 2.06. The molecule has 1 aliphatic heterocycles. The van der Waals surface area contributed by atoms with Crippen molar-refractivity contribution in [2.24, 2.45) is 0 Å². The molecule has 5 heteroatoms. The minimum absolute atomic E-state index is 0.212. The second kappa shape index (κ2) is 3.09. The van der Waals surface area contributed by atoms with Gasteiger partial charge in [0.1, 0.15) is 16.8 Å². The van der Waals surface area contributed by atoms with E-state index in [1.165, 1.54) is 0 Å². The number of halogens is 1. The summed E-state index contributed by atoms with van der Waals surface area (Å²) >= 11 is 7.40. The second-order valence-corrected chi connectivity index (χ2v) is 4.14. The van der Waals surface area contributed by atoms with Crippen molar-refractivity contribution in [3.05, 3.63) is 26.6 Å². The zero-order valence-corrected chi connectivity index (χ0v) is 8.13. The SMILES string of the molecule is N#Cc1c2c(c(Cl)[nH]c1=O)SCC2. The Labute approximate surface area is 83.7 Å². The van der Waals surface area contributed by atoms with Gasteiger partial charge in [0.25, 0.3) is 5.56 Å². The molecular formula is C8H5ClN2OS. The van der Waals surface area contributed by atoms with Crippen LogP contribution in [-0.2, 0) is 6.42 Å². The van der Waals surface area contributed by atoms with Crippen LogP contribution in [0.5, 0.6) is 0 Å². The summed E-state index contributed by atoms with van der Waals surface area (Å²) in [7, 11) is 0. The summed E-state index contributed by atoms with van der Waals surface area (Å²) in [6.07, 6.45) is 0.756. The summed E-state index contributed by atoms with van der Waals surface area (Å²) in [5.41, 5.74) is 0.638. The van der Waals surface area contributed by atoms with E-state index in [2.05, 4.69) is 4.98 Å². The van der Waals surface area contributed by atoms with Gasteiger partial charge in [-0.05, 0) is 12.0 Å². The Morgan fingerprint density at radius 1 is 1.62 bits per heavy atom. The third-order valence-corrected chi connectivity index (χ3v) is 3.48. The molecule has 13 heavy (non-hydrogen) atoms. The van der Waals surface area contributed by atoms with E-state index < -0.39 is 0 Å². The number of pyridine rings is 1. The van der Waals surface area contributed by atoms with Crippen LogP contribution in [0.15, 0.2) is 9.69 Å². The monoisotopic (exact) mass is 212 g/mol. The highest BCUT2D eigenvalue weighted by atomic mass is 35.5. The lowest BCUT2D eigenvalue weighted by molar-refractivity contribution is 1.06. The van der Waals surface area contributed by atoms with Crippen LogP contribution >= 0.6 is 23.4 Å². The highest BCUT2D eigenvalue weighted by Crippen LogP contribution is 2.36. The first-order valence-corrected chi connectivity index (χ1v) is 5.08. The Hall–Kier alpha value is -0.920. The van der Waals surface area contributed by atoms with Crippen molar-refractivity contribution in [3.63, 3.8) is 0 Å². The van der Waals surface area contributed by atoms with Crippen molar-refractivity contribution in [1.29, 1.82) is 5.26 Å². The normalized spacial score (nSPS) is 13.8. The molecule has 2 heterocycles. The van der Waals surface area contributed by atoms with Crippen LogP contribution in [0, 0.1) is 11.3 Å². The fourth-order valence-electron chi connectivity index (χ4n) is 1.36. The molecule has 0 spiro atoms. The topological polar surface area (TPSA) is 56.6 Å². The van der Waals surface area contributed by atoms with Gasteiger partial charge in [-0.3, -0.25) is 4.79 Å². The summed E-state index contributed by atoms with van der Waals surface area (Å²) in [6.45, 7) is 0. The van der Waals surface area contributed by atoms with Gasteiger partial charge in [0.2, 0.25) is 0 Å². The van der Waals surface area contributed by atoms with Crippen LogP contribution in [0.3, 0.4) is 0 Å². The van der Waals surface area contributed by atoms with E-state index in [1.54, 1.807) is 11.8 Å². The van der Waals surface area contributed by atoms with Crippen LogP contribution in [0.2, 0.25) is 5.15 Å². The van der Waals surface area contributed by atoms with Crippen LogP contribution in [0.4, 0.5) is 0 Å². The summed E-state index contributed by atoms with van der Waals surface area (Å²) < 4.78 is 0. The molecule has 0 bridgehead atoms. The predicted octanol–water partition coefficient (Wildman–Crippen LogP) is 1.55. The second-order valence-electron chi connectivity index (χ2n) is 2.66. The van der Waals surface area contributed by atoms with Gasteiger partial charge in [-0.15, -0.1) is 11.8 Å². The Balaban J connectivity index is 2.82. The van der Waals surface area contributed by atoms with Crippen LogP contribution < -0.4 is 5.56 Å². The van der Waals surface area contributed by atoms with E-state index in [0.717, 1.165) is 22.6 Å². The van der Waals surface area contributed by atoms with Crippen LogP contribution in [0.25, 0.3) is 0 Å². The van der Waals surface area contributed by atoms with Crippen molar-refractivity contribution in [2.45, 2.75) is 11.3 Å². The summed E-state index contributed by atoms with van der Waals surface area (Å²) in [5.74, 6) is 0.890. The van der Waals surface area contributed by atoms with Gasteiger partial charge in [0.05, 0.1) is 0 Å². The molecule has 0 aliphatic carbocycles. The van der Waals surface area contributed by atoms with Gasteiger partial charge >= 0.3 is 0 Å². The number of aromatic nitrogens is 1. The summed E-state index contributed by atoms with van der Waals surface area (Å²) in [5, 5.41) is 9.11. The van der Waals surface area contributed by atoms with E-state index in [0.29, 0.717) is 5.15 Å². The third kappa shape index (κ3) is 1.25. The molecule has 0 atom stereocenters. The highest BCUT2D eigenvalue weighted by Gasteiger charge is 2.21. The van der Waals surface area contributed by atoms with Crippen LogP contribution in [-0.4, -0.2) is 10.7 Å². The number of hydrogen-bond acceptors (Lipinski definition) is 3. The number of nitriles is 1. The number of fused-ring (bicyclic) bond motifs is 1. The number of nitrogens with zero attached hydrogens (tertiary/aromatic N) is 1. The number of nitrogens with one attached hydrogen (secondary N) is 1. The molecular weight excluding hydrogens is 208 g/mol.